The number of nitrogens with zero attached hydrogens (tertiary/aromatic N) is 2. The molecule has 1 aromatic carbocycles. The highest BCUT2D eigenvalue weighted by molar-refractivity contribution is 7.89. The summed E-state index contributed by atoms with van der Waals surface area (Å²) in [6.07, 6.45) is 3.07. The van der Waals surface area contributed by atoms with E-state index in [-0.39, 0.29) is 17.3 Å². The molecule has 6 nitrogen and oxygen atoms in total. The number of sulfonamides is 1. The molecule has 1 saturated heterocycles. The number of anilines is 1. The van der Waals surface area contributed by atoms with Gasteiger partial charge in [0.25, 0.3) is 0 Å². The second-order valence-electron chi connectivity index (χ2n) is 5.84. The second kappa shape index (κ2) is 7.96. The molecular weight excluding hydrogens is 364 g/mol. The van der Waals surface area contributed by atoms with E-state index in [0.29, 0.717) is 25.5 Å². The SMILES string of the molecule is O=S(=O)(c1ccc(NCCOc2ccc(F)cc2F)nc1)N1CCCC1. The summed E-state index contributed by atoms with van der Waals surface area (Å²) < 4.78 is 57.7. The van der Waals surface area contributed by atoms with Crippen LogP contribution in [-0.2, 0) is 10.0 Å². The van der Waals surface area contributed by atoms with Gasteiger partial charge in [-0.15, -0.1) is 0 Å². The summed E-state index contributed by atoms with van der Waals surface area (Å²) in [5.41, 5.74) is 0. The van der Waals surface area contributed by atoms with Gasteiger partial charge in [-0.05, 0) is 37.1 Å². The van der Waals surface area contributed by atoms with Crippen LogP contribution in [0.2, 0.25) is 0 Å². The lowest BCUT2D eigenvalue weighted by Gasteiger charge is -2.15. The molecule has 2 heterocycles. The van der Waals surface area contributed by atoms with E-state index in [1.54, 1.807) is 6.07 Å². The first-order valence-electron chi connectivity index (χ1n) is 8.25. The third-order valence-electron chi connectivity index (χ3n) is 4.00. The lowest BCUT2D eigenvalue weighted by molar-refractivity contribution is 0.314. The van der Waals surface area contributed by atoms with Crippen molar-refractivity contribution < 1.29 is 21.9 Å². The molecule has 0 saturated carbocycles. The molecule has 0 aliphatic carbocycles. The van der Waals surface area contributed by atoms with Gasteiger partial charge < -0.3 is 10.1 Å². The van der Waals surface area contributed by atoms with E-state index in [2.05, 4.69) is 10.3 Å². The quantitative estimate of drug-likeness (QED) is 0.745. The predicted molar refractivity (Wildman–Crippen MR) is 92.6 cm³/mol. The Kier molecular flexibility index (Phi) is 5.67. The van der Waals surface area contributed by atoms with E-state index >= 15 is 0 Å². The molecule has 2 aromatic rings. The van der Waals surface area contributed by atoms with Gasteiger partial charge in [-0.2, -0.15) is 4.31 Å². The molecule has 1 aliphatic heterocycles. The van der Waals surface area contributed by atoms with E-state index in [9.17, 15) is 17.2 Å². The van der Waals surface area contributed by atoms with Crippen LogP contribution < -0.4 is 10.1 Å². The van der Waals surface area contributed by atoms with Gasteiger partial charge in [-0.1, -0.05) is 0 Å². The molecule has 0 amide bonds. The predicted octanol–water partition coefficient (Wildman–Crippen LogP) is 2.64. The van der Waals surface area contributed by atoms with Crippen molar-refractivity contribution in [2.45, 2.75) is 17.7 Å². The van der Waals surface area contributed by atoms with Crippen LogP contribution in [0.5, 0.6) is 5.75 Å². The summed E-state index contributed by atoms with van der Waals surface area (Å²) in [5.74, 6) is -0.984. The van der Waals surface area contributed by atoms with Crippen molar-refractivity contribution in [2.24, 2.45) is 0 Å². The summed E-state index contributed by atoms with van der Waals surface area (Å²) in [7, 11) is -3.48. The van der Waals surface area contributed by atoms with Crippen molar-refractivity contribution in [3.05, 3.63) is 48.2 Å². The molecule has 9 heteroatoms. The molecule has 0 radical (unpaired) electrons. The Morgan fingerprint density at radius 1 is 1.15 bits per heavy atom. The number of halogens is 2. The summed E-state index contributed by atoms with van der Waals surface area (Å²) in [5, 5.41) is 2.95. The largest absolute Gasteiger partial charge is 0.489 e. The van der Waals surface area contributed by atoms with Crippen LogP contribution >= 0.6 is 0 Å². The Hall–Kier alpha value is -2.26. The number of hydrogen-bond acceptors (Lipinski definition) is 5. The van der Waals surface area contributed by atoms with E-state index in [4.69, 9.17) is 4.74 Å². The van der Waals surface area contributed by atoms with Crippen LogP contribution in [0.1, 0.15) is 12.8 Å². The Labute approximate surface area is 150 Å². The van der Waals surface area contributed by atoms with Gasteiger partial charge in [-0.3, -0.25) is 0 Å². The maximum Gasteiger partial charge on any atom is 0.244 e. The average Bonchev–Trinajstić information content (AvgIpc) is 3.16. The standard InChI is InChI=1S/C17H19F2N3O3S/c18-13-3-5-16(15(19)11-13)25-10-7-20-17-6-4-14(12-21-17)26(23,24)22-8-1-2-9-22/h3-6,11-12H,1-2,7-10H2,(H,20,21). The first-order valence-corrected chi connectivity index (χ1v) is 9.69. The lowest BCUT2D eigenvalue weighted by atomic mass is 10.3. The molecule has 0 atom stereocenters. The second-order valence-corrected chi connectivity index (χ2v) is 7.78. The molecule has 140 valence electrons. The van der Waals surface area contributed by atoms with Crippen LogP contribution in [0, 0.1) is 11.6 Å². The molecule has 0 bridgehead atoms. The molecule has 1 N–H and O–H groups in total. The van der Waals surface area contributed by atoms with Crippen LogP contribution in [0.4, 0.5) is 14.6 Å². The normalized spacial score (nSPS) is 15.2. The van der Waals surface area contributed by atoms with E-state index in [1.165, 1.54) is 22.6 Å². The minimum Gasteiger partial charge on any atom is -0.489 e. The third kappa shape index (κ3) is 4.28. The lowest BCUT2D eigenvalue weighted by Crippen LogP contribution is -2.28. The van der Waals surface area contributed by atoms with Gasteiger partial charge in [0, 0.05) is 25.4 Å². The number of rotatable bonds is 7. The zero-order chi connectivity index (χ0) is 18.6. The van der Waals surface area contributed by atoms with Crippen molar-refractivity contribution in [3.8, 4) is 5.75 Å². The van der Waals surface area contributed by atoms with Crippen molar-refractivity contribution in [1.29, 1.82) is 0 Å². The summed E-state index contributed by atoms with van der Waals surface area (Å²) in [6.45, 7) is 1.54. The first-order chi connectivity index (χ1) is 12.5. The minimum atomic E-state index is -3.48. The van der Waals surface area contributed by atoms with Gasteiger partial charge in [0.1, 0.15) is 23.1 Å². The Balaban J connectivity index is 1.51. The topological polar surface area (TPSA) is 71.5 Å². The molecule has 26 heavy (non-hydrogen) atoms. The smallest absolute Gasteiger partial charge is 0.244 e. The number of pyridine rings is 1. The van der Waals surface area contributed by atoms with Gasteiger partial charge in [0.05, 0.1) is 6.54 Å². The maximum atomic E-state index is 13.4. The van der Waals surface area contributed by atoms with Crippen molar-refractivity contribution in [1.82, 2.24) is 9.29 Å². The van der Waals surface area contributed by atoms with E-state index in [0.717, 1.165) is 25.0 Å². The van der Waals surface area contributed by atoms with Gasteiger partial charge in [0.15, 0.2) is 11.6 Å². The highest BCUT2D eigenvalue weighted by atomic mass is 32.2. The molecule has 1 aromatic heterocycles. The van der Waals surface area contributed by atoms with E-state index < -0.39 is 21.7 Å². The maximum absolute atomic E-state index is 13.4. The van der Waals surface area contributed by atoms with Gasteiger partial charge >= 0.3 is 0 Å². The molecule has 3 rings (SSSR count). The van der Waals surface area contributed by atoms with Gasteiger partial charge in [-0.25, -0.2) is 22.2 Å². The summed E-state index contributed by atoms with van der Waals surface area (Å²) >= 11 is 0. The molecule has 1 fully saturated rings. The number of aromatic nitrogens is 1. The molecular formula is C17H19F2N3O3S. The fourth-order valence-electron chi connectivity index (χ4n) is 2.65. The Morgan fingerprint density at radius 3 is 2.58 bits per heavy atom. The average molecular weight is 383 g/mol. The number of nitrogens with one attached hydrogen (secondary N) is 1. The van der Waals surface area contributed by atoms with Crippen LogP contribution in [0.3, 0.4) is 0 Å². The zero-order valence-corrected chi connectivity index (χ0v) is 14.8. The molecule has 0 spiro atoms. The fourth-order valence-corrected chi connectivity index (χ4v) is 4.11. The zero-order valence-electron chi connectivity index (χ0n) is 14.0. The summed E-state index contributed by atoms with van der Waals surface area (Å²) in [4.78, 5) is 4.26. The molecule has 0 unspecified atom stereocenters. The number of benzene rings is 1. The van der Waals surface area contributed by atoms with Gasteiger partial charge in [0.2, 0.25) is 10.0 Å². The van der Waals surface area contributed by atoms with Crippen molar-refractivity contribution in [3.63, 3.8) is 0 Å². The monoisotopic (exact) mass is 383 g/mol. The Morgan fingerprint density at radius 2 is 1.92 bits per heavy atom. The number of hydrogen-bond donors (Lipinski definition) is 1. The summed E-state index contributed by atoms with van der Waals surface area (Å²) in [6, 6.07) is 6.17. The fraction of sp³-hybridized carbons (Fsp3) is 0.353. The minimum absolute atomic E-state index is 0.0341. The van der Waals surface area contributed by atoms with Crippen LogP contribution in [-0.4, -0.2) is 43.9 Å². The van der Waals surface area contributed by atoms with Crippen molar-refractivity contribution >= 4 is 15.8 Å². The highest BCUT2D eigenvalue weighted by Gasteiger charge is 2.27. The van der Waals surface area contributed by atoms with Crippen LogP contribution in [0.15, 0.2) is 41.4 Å². The van der Waals surface area contributed by atoms with Crippen LogP contribution in [0.25, 0.3) is 0 Å². The highest BCUT2D eigenvalue weighted by Crippen LogP contribution is 2.21. The molecule has 1 aliphatic rings. The Bertz CT molecular complexity index is 854. The third-order valence-corrected chi connectivity index (χ3v) is 5.88. The number of ether oxygens (including phenoxy) is 1. The first kappa shape index (κ1) is 18.5. The van der Waals surface area contributed by atoms with Crippen molar-refractivity contribution in [2.75, 3.05) is 31.6 Å². The van der Waals surface area contributed by atoms with E-state index in [1.807, 2.05) is 0 Å².